The van der Waals surface area contributed by atoms with E-state index in [0.29, 0.717) is 6.04 Å². The van der Waals surface area contributed by atoms with Gasteiger partial charge in [0.15, 0.2) is 0 Å². The Labute approximate surface area is 143 Å². The van der Waals surface area contributed by atoms with Crippen molar-refractivity contribution in [2.45, 2.75) is 38.1 Å². The average molecular weight is 332 g/mol. The monoisotopic (exact) mass is 331 g/mol. The van der Waals surface area contributed by atoms with E-state index < -0.39 is 0 Å². The molecule has 1 atom stereocenters. The molecule has 3 rings (SSSR count). The second kappa shape index (κ2) is 7.94. The number of benzene rings is 2. The minimum Gasteiger partial charge on any atom is -0.300 e. The molecule has 1 aliphatic rings. The maximum Gasteiger partial charge on any atom is 0.123 e. The minimum absolute atomic E-state index is 0.160. The number of likely N-dealkylation sites (tertiary alicyclic amines) is 1. The van der Waals surface area contributed by atoms with Crippen LogP contribution in [-0.4, -0.2) is 24.0 Å². The second-order valence-electron chi connectivity index (χ2n) is 6.39. The lowest BCUT2D eigenvalue weighted by atomic mass is 9.95. The summed E-state index contributed by atoms with van der Waals surface area (Å²) >= 11 is 5.97. The quantitative estimate of drug-likeness (QED) is 0.735. The number of hydrogen-bond acceptors (Lipinski definition) is 1. The Balaban J connectivity index is 1.59. The maximum absolute atomic E-state index is 13.0. The number of hydrogen-bond donors (Lipinski definition) is 0. The standard InChI is InChI=1S/C20H23ClFN/c21-18-8-4-17(5-9-18)15-20-3-1-2-13-23(20)14-12-16-6-10-19(22)11-7-16/h4-11,20H,1-3,12-15H2. The van der Waals surface area contributed by atoms with Crippen LogP contribution in [-0.2, 0) is 12.8 Å². The van der Waals surface area contributed by atoms with Gasteiger partial charge >= 0.3 is 0 Å². The van der Waals surface area contributed by atoms with Crippen molar-refractivity contribution < 1.29 is 4.39 Å². The SMILES string of the molecule is Fc1ccc(CCN2CCCCC2Cc2ccc(Cl)cc2)cc1. The van der Waals surface area contributed by atoms with Gasteiger partial charge in [-0.3, -0.25) is 4.90 Å². The number of rotatable bonds is 5. The van der Waals surface area contributed by atoms with E-state index in [4.69, 9.17) is 11.6 Å². The van der Waals surface area contributed by atoms with Crippen molar-refractivity contribution in [1.82, 2.24) is 4.90 Å². The summed E-state index contributed by atoms with van der Waals surface area (Å²) in [6, 6.07) is 15.7. The van der Waals surface area contributed by atoms with Gasteiger partial charge < -0.3 is 0 Å². The van der Waals surface area contributed by atoms with Crippen molar-refractivity contribution >= 4 is 11.6 Å². The molecule has 1 aliphatic heterocycles. The van der Waals surface area contributed by atoms with E-state index in [1.54, 1.807) is 12.1 Å². The molecule has 0 radical (unpaired) electrons. The maximum atomic E-state index is 13.0. The van der Waals surface area contributed by atoms with Gasteiger partial charge in [0.1, 0.15) is 5.82 Å². The van der Waals surface area contributed by atoms with Gasteiger partial charge in [-0.2, -0.15) is 0 Å². The third kappa shape index (κ3) is 4.79. The smallest absolute Gasteiger partial charge is 0.123 e. The van der Waals surface area contributed by atoms with E-state index in [9.17, 15) is 4.39 Å². The molecule has 3 heteroatoms. The lowest BCUT2D eigenvalue weighted by Gasteiger charge is -2.36. The van der Waals surface area contributed by atoms with Crippen LogP contribution in [0.25, 0.3) is 0 Å². The highest BCUT2D eigenvalue weighted by molar-refractivity contribution is 6.30. The van der Waals surface area contributed by atoms with Crippen LogP contribution in [0.5, 0.6) is 0 Å². The molecular formula is C20H23ClFN. The Bertz CT molecular complexity index is 609. The fraction of sp³-hybridized carbons (Fsp3) is 0.400. The molecule has 2 aromatic rings. The molecule has 1 nitrogen and oxygen atoms in total. The summed E-state index contributed by atoms with van der Waals surface area (Å²) in [7, 11) is 0. The lowest BCUT2D eigenvalue weighted by molar-refractivity contribution is 0.149. The van der Waals surface area contributed by atoms with Crippen molar-refractivity contribution in [3.8, 4) is 0 Å². The minimum atomic E-state index is -0.160. The van der Waals surface area contributed by atoms with Crippen LogP contribution in [0, 0.1) is 5.82 Å². The van der Waals surface area contributed by atoms with Crippen LogP contribution in [0.4, 0.5) is 4.39 Å². The molecule has 122 valence electrons. The molecule has 0 saturated carbocycles. The van der Waals surface area contributed by atoms with Gasteiger partial charge in [0.25, 0.3) is 0 Å². The van der Waals surface area contributed by atoms with Gasteiger partial charge in [0.05, 0.1) is 0 Å². The first kappa shape index (κ1) is 16.5. The zero-order chi connectivity index (χ0) is 16.1. The first-order valence-electron chi connectivity index (χ1n) is 8.43. The Morgan fingerprint density at radius 1 is 0.957 bits per heavy atom. The Kier molecular flexibility index (Phi) is 5.69. The average Bonchev–Trinajstić information content (AvgIpc) is 2.58. The molecule has 1 fully saturated rings. The van der Waals surface area contributed by atoms with Crippen LogP contribution in [0.3, 0.4) is 0 Å². The van der Waals surface area contributed by atoms with Gasteiger partial charge in [-0.15, -0.1) is 0 Å². The Morgan fingerprint density at radius 3 is 2.39 bits per heavy atom. The molecule has 1 heterocycles. The Morgan fingerprint density at radius 2 is 1.65 bits per heavy atom. The van der Waals surface area contributed by atoms with E-state index in [2.05, 4.69) is 17.0 Å². The van der Waals surface area contributed by atoms with Crippen molar-refractivity contribution in [3.63, 3.8) is 0 Å². The molecule has 1 unspecified atom stereocenters. The second-order valence-corrected chi connectivity index (χ2v) is 6.83. The number of piperidine rings is 1. The summed E-state index contributed by atoms with van der Waals surface area (Å²) in [6.45, 7) is 2.21. The molecule has 0 N–H and O–H groups in total. The molecule has 0 aliphatic carbocycles. The third-order valence-electron chi connectivity index (χ3n) is 4.73. The topological polar surface area (TPSA) is 3.24 Å². The molecule has 0 spiro atoms. The van der Waals surface area contributed by atoms with Crippen LogP contribution < -0.4 is 0 Å². The fourth-order valence-electron chi connectivity index (χ4n) is 3.40. The lowest BCUT2D eigenvalue weighted by Crippen LogP contribution is -2.42. The summed E-state index contributed by atoms with van der Waals surface area (Å²) in [5, 5.41) is 0.797. The molecule has 0 bridgehead atoms. The van der Waals surface area contributed by atoms with Gasteiger partial charge in [-0.1, -0.05) is 42.3 Å². The molecule has 1 saturated heterocycles. The highest BCUT2D eigenvalue weighted by atomic mass is 35.5. The molecule has 2 aromatic carbocycles. The summed E-state index contributed by atoms with van der Waals surface area (Å²) in [4.78, 5) is 2.60. The summed E-state index contributed by atoms with van der Waals surface area (Å²) < 4.78 is 13.0. The summed E-state index contributed by atoms with van der Waals surface area (Å²) in [5.74, 6) is -0.160. The zero-order valence-corrected chi connectivity index (χ0v) is 14.1. The van der Waals surface area contributed by atoms with E-state index in [1.165, 1.54) is 36.9 Å². The molecule has 0 aromatic heterocycles. The van der Waals surface area contributed by atoms with Crippen molar-refractivity contribution in [3.05, 3.63) is 70.5 Å². The number of nitrogens with zero attached hydrogens (tertiary/aromatic N) is 1. The van der Waals surface area contributed by atoms with E-state index in [1.807, 2.05) is 24.3 Å². The van der Waals surface area contributed by atoms with Crippen molar-refractivity contribution in [2.75, 3.05) is 13.1 Å². The predicted octanol–water partition coefficient (Wildman–Crippen LogP) is 5.12. The zero-order valence-electron chi connectivity index (χ0n) is 13.3. The van der Waals surface area contributed by atoms with Gasteiger partial charge in [-0.25, -0.2) is 4.39 Å². The van der Waals surface area contributed by atoms with E-state index in [-0.39, 0.29) is 5.82 Å². The van der Waals surface area contributed by atoms with Crippen LogP contribution in [0.15, 0.2) is 48.5 Å². The van der Waals surface area contributed by atoms with Gasteiger partial charge in [0.2, 0.25) is 0 Å². The first-order chi connectivity index (χ1) is 11.2. The van der Waals surface area contributed by atoms with Crippen LogP contribution >= 0.6 is 11.6 Å². The largest absolute Gasteiger partial charge is 0.300 e. The highest BCUT2D eigenvalue weighted by Crippen LogP contribution is 2.22. The van der Waals surface area contributed by atoms with Gasteiger partial charge in [0, 0.05) is 17.6 Å². The van der Waals surface area contributed by atoms with Crippen LogP contribution in [0.1, 0.15) is 30.4 Å². The molecular weight excluding hydrogens is 309 g/mol. The molecule has 23 heavy (non-hydrogen) atoms. The third-order valence-corrected chi connectivity index (χ3v) is 4.99. The van der Waals surface area contributed by atoms with Crippen LogP contribution in [0.2, 0.25) is 5.02 Å². The van der Waals surface area contributed by atoms with E-state index in [0.717, 1.165) is 24.4 Å². The predicted molar refractivity (Wildman–Crippen MR) is 94.5 cm³/mol. The normalized spacial score (nSPS) is 19.0. The summed E-state index contributed by atoms with van der Waals surface area (Å²) in [5.41, 5.74) is 2.57. The number of halogens is 2. The summed E-state index contributed by atoms with van der Waals surface area (Å²) in [6.07, 6.45) is 5.91. The highest BCUT2D eigenvalue weighted by Gasteiger charge is 2.22. The van der Waals surface area contributed by atoms with E-state index >= 15 is 0 Å². The Hall–Kier alpha value is -1.38. The van der Waals surface area contributed by atoms with Crippen molar-refractivity contribution in [2.24, 2.45) is 0 Å². The van der Waals surface area contributed by atoms with Gasteiger partial charge in [-0.05, 0) is 67.6 Å². The molecule has 0 amide bonds. The van der Waals surface area contributed by atoms with Crippen molar-refractivity contribution in [1.29, 1.82) is 0 Å². The first-order valence-corrected chi connectivity index (χ1v) is 8.81. The fourth-order valence-corrected chi connectivity index (χ4v) is 3.53.